The molecular formula is C17H13F2NO. The zero-order valence-corrected chi connectivity index (χ0v) is 11.1. The molecule has 0 fully saturated rings. The number of fused-ring (bicyclic) bond motifs is 1. The molecule has 1 atom stereocenters. The van der Waals surface area contributed by atoms with Gasteiger partial charge in [0.15, 0.2) is 0 Å². The van der Waals surface area contributed by atoms with Crippen LogP contribution in [0.25, 0.3) is 10.9 Å². The highest BCUT2D eigenvalue weighted by Crippen LogP contribution is 2.27. The second-order valence-electron chi connectivity index (χ2n) is 4.83. The van der Waals surface area contributed by atoms with Gasteiger partial charge in [0, 0.05) is 22.7 Å². The fourth-order valence-corrected chi connectivity index (χ4v) is 2.29. The molecule has 0 bridgehead atoms. The zero-order valence-electron chi connectivity index (χ0n) is 11.1. The highest BCUT2D eigenvalue weighted by molar-refractivity contribution is 5.78. The van der Waals surface area contributed by atoms with E-state index in [1.165, 1.54) is 18.2 Å². The Balaban J connectivity index is 1.99. The molecule has 2 aromatic carbocycles. The van der Waals surface area contributed by atoms with E-state index >= 15 is 0 Å². The molecule has 0 aliphatic rings. The van der Waals surface area contributed by atoms with Gasteiger partial charge in [-0.3, -0.25) is 4.98 Å². The van der Waals surface area contributed by atoms with Crippen molar-refractivity contribution >= 4 is 10.9 Å². The molecule has 3 rings (SSSR count). The Labute approximate surface area is 120 Å². The second kappa shape index (κ2) is 5.58. The number of pyridine rings is 1. The van der Waals surface area contributed by atoms with E-state index in [0.717, 1.165) is 10.9 Å². The van der Waals surface area contributed by atoms with Gasteiger partial charge in [-0.15, -0.1) is 0 Å². The third-order valence-corrected chi connectivity index (χ3v) is 3.41. The summed E-state index contributed by atoms with van der Waals surface area (Å²) in [6.45, 7) is 0. The van der Waals surface area contributed by atoms with Crippen LogP contribution in [0.2, 0.25) is 0 Å². The van der Waals surface area contributed by atoms with E-state index in [9.17, 15) is 13.9 Å². The molecule has 2 nitrogen and oxygen atoms in total. The van der Waals surface area contributed by atoms with Crippen LogP contribution >= 0.6 is 0 Å². The summed E-state index contributed by atoms with van der Waals surface area (Å²) in [5.41, 5.74) is 1.75. The molecule has 1 heterocycles. The number of aliphatic hydroxyl groups excluding tert-OH is 1. The SMILES string of the molecule is OC(c1cccc(C(F)F)c1)c1cnc2ccccc2c1. The van der Waals surface area contributed by atoms with Gasteiger partial charge < -0.3 is 5.11 Å². The Hall–Kier alpha value is -2.33. The first-order valence-corrected chi connectivity index (χ1v) is 6.56. The van der Waals surface area contributed by atoms with Crippen LogP contribution in [0.3, 0.4) is 0 Å². The van der Waals surface area contributed by atoms with Crippen molar-refractivity contribution in [2.45, 2.75) is 12.5 Å². The molecule has 0 spiro atoms. The molecule has 3 aromatic rings. The fraction of sp³-hybridized carbons (Fsp3) is 0.118. The van der Waals surface area contributed by atoms with Crippen LogP contribution in [-0.2, 0) is 0 Å². The van der Waals surface area contributed by atoms with Crippen molar-refractivity contribution in [3.05, 3.63) is 77.5 Å². The van der Waals surface area contributed by atoms with Crippen LogP contribution in [-0.4, -0.2) is 10.1 Å². The quantitative estimate of drug-likeness (QED) is 0.780. The smallest absolute Gasteiger partial charge is 0.263 e. The van der Waals surface area contributed by atoms with Crippen LogP contribution in [0.1, 0.15) is 29.2 Å². The van der Waals surface area contributed by atoms with E-state index < -0.39 is 12.5 Å². The predicted octanol–water partition coefficient (Wildman–Crippen LogP) is 4.25. The highest BCUT2D eigenvalue weighted by Gasteiger charge is 2.14. The normalized spacial score (nSPS) is 12.8. The van der Waals surface area contributed by atoms with Gasteiger partial charge in [-0.05, 0) is 23.8 Å². The van der Waals surface area contributed by atoms with Crippen molar-refractivity contribution in [2.75, 3.05) is 0 Å². The number of aliphatic hydroxyl groups is 1. The van der Waals surface area contributed by atoms with Gasteiger partial charge in [0.25, 0.3) is 6.43 Å². The van der Waals surface area contributed by atoms with Crippen molar-refractivity contribution in [3.63, 3.8) is 0 Å². The summed E-state index contributed by atoms with van der Waals surface area (Å²) in [4.78, 5) is 4.28. The minimum Gasteiger partial charge on any atom is -0.384 e. The maximum Gasteiger partial charge on any atom is 0.263 e. The van der Waals surface area contributed by atoms with Gasteiger partial charge in [-0.1, -0.05) is 36.4 Å². The number of rotatable bonds is 3. The topological polar surface area (TPSA) is 33.1 Å². The number of aromatic nitrogens is 1. The molecule has 1 aromatic heterocycles. The summed E-state index contributed by atoms with van der Waals surface area (Å²) in [6, 6.07) is 15.2. The summed E-state index contributed by atoms with van der Waals surface area (Å²) in [7, 11) is 0. The summed E-state index contributed by atoms with van der Waals surface area (Å²) in [5, 5.41) is 11.3. The summed E-state index contributed by atoms with van der Waals surface area (Å²) < 4.78 is 25.5. The number of hydrogen-bond donors (Lipinski definition) is 1. The molecule has 106 valence electrons. The predicted molar refractivity (Wildman–Crippen MR) is 77.2 cm³/mol. The number of hydrogen-bond acceptors (Lipinski definition) is 2. The van der Waals surface area contributed by atoms with Crippen molar-refractivity contribution < 1.29 is 13.9 Å². The van der Waals surface area contributed by atoms with Crippen molar-refractivity contribution in [1.29, 1.82) is 0 Å². The van der Waals surface area contributed by atoms with Gasteiger partial charge in [-0.2, -0.15) is 0 Å². The average Bonchev–Trinajstić information content (AvgIpc) is 2.53. The van der Waals surface area contributed by atoms with E-state index in [4.69, 9.17) is 0 Å². The first kappa shape index (κ1) is 13.6. The molecule has 1 unspecified atom stereocenters. The van der Waals surface area contributed by atoms with Crippen LogP contribution in [0, 0.1) is 0 Å². The first-order chi connectivity index (χ1) is 10.1. The van der Waals surface area contributed by atoms with Crippen molar-refractivity contribution in [3.8, 4) is 0 Å². The minimum absolute atomic E-state index is 0.0969. The highest BCUT2D eigenvalue weighted by atomic mass is 19.3. The van der Waals surface area contributed by atoms with Gasteiger partial charge >= 0.3 is 0 Å². The van der Waals surface area contributed by atoms with Gasteiger partial charge in [0.1, 0.15) is 6.10 Å². The molecule has 0 aliphatic carbocycles. The van der Waals surface area contributed by atoms with Gasteiger partial charge in [0.05, 0.1) is 5.52 Å². The van der Waals surface area contributed by atoms with Crippen molar-refractivity contribution in [1.82, 2.24) is 4.98 Å². The van der Waals surface area contributed by atoms with Crippen LogP contribution in [0.5, 0.6) is 0 Å². The molecule has 0 saturated carbocycles. The lowest BCUT2D eigenvalue weighted by Crippen LogP contribution is -2.01. The fourth-order valence-electron chi connectivity index (χ4n) is 2.29. The largest absolute Gasteiger partial charge is 0.384 e. The molecular weight excluding hydrogens is 272 g/mol. The van der Waals surface area contributed by atoms with E-state index in [0.29, 0.717) is 11.1 Å². The number of halogens is 2. The number of nitrogens with zero attached hydrogens (tertiary/aromatic N) is 1. The van der Waals surface area contributed by atoms with Crippen LogP contribution < -0.4 is 0 Å². The number of benzene rings is 2. The summed E-state index contributed by atoms with van der Waals surface area (Å²) in [6.07, 6.45) is -1.95. The summed E-state index contributed by atoms with van der Waals surface area (Å²) >= 11 is 0. The van der Waals surface area contributed by atoms with Gasteiger partial charge in [-0.25, -0.2) is 8.78 Å². The zero-order chi connectivity index (χ0) is 14.8. The maximum atomic E-state index is 12.7. The second-order valence-corrected chi connectivity index (χ2v) is 4.83. The first-order valence-electron chi connectivity index (χ1n) is 6.56. The molecule has 1 N–H and O–H groups in total. The van der Waals surface area contributed by atoms with E-state index in [1.807, 2.05) is 30.3 Å². The maximum absolute atomic E-state index is 12.7. The lowest BCUT2D eigenvalue weighted by molar-refractivity contribution is 0.150. The Morgan fingerprint density at radius 3 is 2.43 bits per heavy atom. The number of alkyl halides is 2. The van der Waals surface area contributed by atoms with E-state index in [1.54, 1.807) is 12.3 Å². The molecule has 0 amide bonds. The molecule has 0 aliphatic heterocycles. The molecule has 4 heteroatoms. The Bertz CT molecular complexity index is 773. The Morgan fingerprint density at radius 1 is 0.857 bits per heavy atom. The van der Waals surface area contributed by atoms with Gasteiger partial charge in [0.2, 0.25) is 0 Å². The average molecular weight is 285 g/mol. The van der Waals surface area contributed by atoms with Crippen LogP contribution in [0.15, 0.2) is 60.8 Å². The van der Waals surface area contributed by atoms with E-state index in [-0.39, 0.29) is 5.56 Å². The monoisotopic (exact) mass is 285 g/mol. The lowest BCUT2D eigenvalue weighted by atomic mass is 10.00. The van der Waals surface area contributed by atoms with E-state index in [2.05, 4.69) is 4.98 Å². The molecule has 0 radical (unpaired) electrons. The minimum atomic E-state index is -2.55. The number of para-hydroxylation sites is 1. The van der Waals surface area contributed by atoms with Crippen molar-refractivity contribution in [2.24, 2.45) is 0 Å². The third kappa shape index (κ3) is 2.76. The Kier molecular flexibility index (Phi) is 3.62. The third-order valence-electron chi connectivity index (χ3n) is 3.41. The lowest BCUT2D eigenvalue weighted by Gasteiger charge is -2.13. The Morgan fingerprint density at radius 2 is 1.62 bits per heavy atom. The molecule has 21 heavy (non-hydrogen) atoms. The summed E-state index contributed by atoms with van der Waals surface area (Å²) in [5.74, 6) is 0. The standard InChI is InChI=1S/C17H13F2NO/c18-17(19)13-6-3-5-12(9-13)16(21)14-8-11-4-1-2-7-15(11)20-10-14/h1-10,16-17,21H. The van der Waals surface area contributed by atoms with Crippen LogP contribution in [0.4, 0.5) is 8.78 Å². The molecule has 0 saturated heterocycles.